The molecule has 1 aromatic carbocycles. The van der Waals surface area contributed by atoms with Crippen molar-refractivity contribution in [2.24, 2.45) is 0 Å². The van der Waals surface area contributed by atoms with Crippen molar-refractivity contribution in [1.29, 1.82) is 0 Å². The van der Waals surface area contributed by atoms with Crippen LogP contribution in [0, 0.1) is 5.82 Å². The summed E-state index contributed by atoms with van der Waals surface area (Å²) < 4.78 is 31.0. The number of benzene rings is 1. The fourth-order valence-electron chi connectivity index (χ4n) is 3.49. The maximum atomic E-state index is 14.4. The third-order valence-corrected chi connectivity index (χ3v) is 5.20. The van der Waals surface area contributed by atoms with Crippen molar-refractivity contribution in [3.63, 3.8) is 0 Å². The summed E-state index contributed by atoms with van der Waals surface area (Å²) in [6.45, 7) is 4.18. The van der Waals surface area contributed by atoms with E-state index in [1.54, 1.807) is 6.92 Å². The third kappa shape index (κ3) is 3.86. The summed E-state index contributed by atoms with van der Waals surface area (Å²) in [7, 11) is 0. The van der Waals surface area contributed by atoms with E-state index < -0.39 is 23.6 Å². The Balaban J connectivity index is 2.21. The van der Waals surface area contributed by atoms with Gasteiger partial charge in [0, 0.05) is 22.5 Å². The number of furan rings is 1. The lowest BCUT2D eigenvalue weighted by molar-refractivity contribution is 0.00467. The van der Waals surface area contributed by atoms with E-state index in [1.165, 1.54) is 17.0 Å². The Morgan fingerprint density at radius 3 is 2.79 bits per heavy atom. The molecule has 7 nitrogen and oxygen atoms in total. The fraction of sp³-hybridized carbons (Fsp3) is 0.474. The number of anilines is 1. The van der Waals surface area contributed by atoms with Gasteiger partial charge >= 0.3 is 12.1 Å². The molecule has 2 heterocycles. The number of fused-ring (bicyclic) bond motifs is 1. The highest BCUT2D eigenvalue weighted by molar-refractivity contribution is 9.10. The molecule has 0 radical (unpaired) electrons. The zero-order valence-corrected chi connectivity index (χ0v) is 17.1. The van der Waals surface area contributed by atoms with E-state index in [2.05, 4.69) is 15.9 Å². The van der Waals surface area contributed by atoms with Crippen LogP contribution in [0.3, 0.4) is 0 Å². The predicted octanol–water partition coefficient (Wildman–Crippen LogP) is 4.95. The number of hydrogen-bond donors (Lipinski definition) is 1. The van der Waals surface area contributed by atoms with Crippen LogP contribution in [0.2, 0.25) is 0 Å². The zero-order chi connectivity index (χ0) is 20.4. The van der Waals surface area contributed by atoms with Gasteiger partial charge in [0.1, 0.15) is 5.69 Å². The minimum atomic E-state index is -1.39. The molecule has 1 aliphatic heterocycles. The van der Waals surface area contributed by atoms with Gasteiger partial charge in [-0.05, 0) is 38.3 Å². The third-order valence-electron chi connectivity index (χ3n) is 4.74. The first kappa shape index (κ1) is 20.6. The molecule has 0 bridgehead atoms. The molecule has 0 spiro atoms. The molecule has 2 aromatic rings. The maximum absolute atomic E-state index is 14.4. The lowest BCUT2D eigenvalue weighted by Crippen LogP contribution is -2.46. The summed E-state index contributed by atoms with van der Waals surface area (Å²) in [4.78, 5) is 26.0. The van der Waals surface area contributed by atoms with Crippen LogP contribution in [0.25, 0.3) is 11.0 Å². The fourth-order valence-corrected chi connectivity index (χ4v) is 3.92. The molecule has 152 valence electrons. The van der Waals surface area contributed by atoms with Gasteiger partial charge in [-0.1, -0.05) is 22.9 Å². The first-order valence-corrected chi connectivity index (χ1v) is 9.89. The Bertz CT molecular complexity index is 898. The van der Waals surface area contributed by atoms with Crippen LogP contribution in [-0.2, 0) is 9.47 Å². The van der Waals surface area contributed by atoms with Crippen LogP contribution in [0.4, 0.5) is 14.9 Å². The molecular weight excluding hydrogens is 437 g/mol. The van der Waals surface area contributed by atoms with Crippen molar-refractivity contribution in [3.8, 4) is 0 Å². The summed E-state index contributed by atoms with van der Waals surface area (Å²) in [6, 6.07) is 2.35. The van der Waals surface area contributed by atoms with Crippen molar-refractivity contribution >= 4 is 44.6 Å². The number of carbonyl (C=O) groups excluding carboxylic acids is 1. The molecular formula is C19H21BrFNO6. The van der Waals surface area contributed by atoms with Crippen LogP contribution in [0.15, 0.2) is 21.0 Å². The van der Waals surface area contributed by atoms with Gasteiger partial charge in [0.2, 0.25) is 5.76 Å². The van der Waals surface area contributed by atoms with Gasteiger partial charge in [0.05, 0.1) is 12.7 Å². The molecule has 1 aliphatic rings. The SMILES string of the molecule is CCOC(=O)N(c1c(C(=O)O)oc2c(F)cc(Br)cc12)C1CCOC(CC)C1. The number of halogens is 2. The van der Waals surface area contributed by atoms with Gasteiger partial charge < -0.3 is 19.0 Å². The number of aromatic carboxylic acids is 1. The lowest BCUT2D eigenvalue weighted by atomic mass is 9.99. The first-order valence-electron chi connectivity index (χ1n) is 9.09. The average molecular weight is 458 g/mol. The van der Waals surface area contributed by atoms with Crippen molar-refractivity contribution in [2.45, 2.75) is 45.3 Å². The van der Waals surface area contributed by atoms with Gasteiger partial charge in [-0.3, -0.25) is 4.90 Å². The van der Waals surface area contributed by atoms with Crippen LogP contribution in [0.5, 0.6) is 0 Å². The highest BCUT2D eigenvalue weighted by Crippen LogP contribution is 2.40. The molecule has 0 aliphatic carbocycles. The van der Waals surface area contributed by atoms with Crippen molar-refractivity contribution < 1.29 is 33.0 Å². The molecule has 2 atom stereocenters. The number of ether oxygens (including phenoxy) is 2. The normalized spacial score (nSPS) is 19.6. The van der Waals surface area contributed by atoms with E-state index >= 15 is 0 Å². The average Bonchev–Trinajstić information content (AvgIpc) is 3.02. The van der Waals surface area contributed by atoms with E-state index in [4.69, 9.17) is 13.9 Å². The van der Waals surface area contributed by atoms with Crippen molar-refractivity contribution in [1.82, 2.24) is 0 Å². The second-order valence-corrected chi connectivity index (χ2v) is 7.41. The quantitative estimate of drug-likeness (QED) is 0.682. The number of carboxylic acid groups (broad SMARTS) is 1. The standard InChI is InChI=1S/C19H21BrFNO6/c1-3-12-9-11(5-6-27-12)22(19(25)26-4-2)15-13-7-10(20)8-14(21)16(13)28-17(15)18(23)24/h7-8,11-12H,3-6,9H2,1-2H3,(H,23,24). The molecule has 1 amide bonds. The van der Waals surface area contributed by atoms with Crippen LogP contribution in [0.1, 0.15) is 43.7 Å². The van der Waals surface area contributed by atoms with Crippen LogP contribution in [-0.4, -0.2) is 42.5 Å². The number of carboxylic acids is 1. The van der Waals surface area contributed by atoms with Crippen molar-refractivity contribution in [3.05, 3.63) is 28.2 Å². The molecule has 9 heteroatoms. The largest absolute Gasteiger partial charge is 0.475 e. The number of hydrogen-bond acceptors (Lipinski definition) is 5. The first-order chi connectivity index (χ1) is 13.4. The smallest absolute Gasteiger partial charge is 0.414 e. The lowest BCUT2D eigenvalue weighted by Gasteiger charge is -2.36. The molecule has 3 rings (SSSR count). The molecule has 1 N–H and O–H groups in total. The second kappa shape index (κ2) is 8.48. The van der Waals surface area contributed by atoms with E-state index in [0.29, 0.717) is 23.9 Å². The Morgan fingerprint density at radius 2 is 2.14 bits per heavy atom. The zero-order valence-electron chi connectivity index (χ0n) is 15.5. The number of rotatable bonds is 5. The summed E-state index contributed by atoms with van der Waals surface area (Å²) in [6.07, 6.45) is 1.00. The Hall–Kier alpha value is -2.13. The summed E-state index contributed by atoms with van der Waals surface area (Å²) in [5.41, 5.74) is -0.216. The number of nitrogens with zero attached hydrogens (tertiary/aromatic N) is 1. The predicted molar refractivity (Wildman–Crippen MR) is 103 cm³/mol. The number of carbonyl (C=O) groups is 2. The minimum Gasteiger partial charge on any atom is -0.475 e. The highest BCUT2D eigenvalue weighted by Gasteiger charge is 2.37. The Labute approximate surface area is 169 Å². The summed E-state index contributed by atoms with van der Waals surface area (Å²) in [5, 5.41) is 9.84. The van der Waals surface area contributed by atoms with Crippen LogP contribution >= 0.6 is 15.9 Å². The van der Waals surface area contributed by atoms with E-state index in [0.717, 1.165) is 6.42 Å². The molecule has 1 aromatic heterocycles. The van der Waals surface area contributed by atoms with Crippen molar-refractivity contribution in [2.75, 3.05) is 18.1 Å². The second-order valence-electron chi connectivity index (χ2n) is 6.50. The summed E-state index contributed by atoms with van der Waals surface area (Å²) in [5.74, 6) is -2.62. The van der Waals surface area contributed by atoms with Gasteiger partial charge in [0.25, 0.3) is 0 Å². The molecule has 0 saturated carbocycles. The highest BCUT2D eigenvalue weighted by atomic mass is 79.9. The molecule has 28 heavy (non-hydrogen) atoms. The maximum Gasteiger partial charge on any atom is 0.414 e. The molecule has 1 fully saturated rings. The van der Waals surface area contributed by atoms with E-state index in [-0.39, 0.29) is 35.4 Å². The Morgan fingerprint density at radius 1 is 1.39 bits per heavy atom. The topological polar surface area (TPSA) is 89.2 Å². The van der Waals surface area contributed by atoms with E-state index in [1.807, 2.05) is 6.92 Å². The monoisotopic (exact) mass is 457 g/mol. The van der Waals surface area contributed by atoms with Gasteiger partial charge in [-0.15, -0.1) is 0 Å². The van der Waals surface area contributed by atoms with Gasteiger partial charge in [-0.2, -0.15) is 0 Å². The Kier molecular flexibility index (Phi) is 6.24. The van der Waals surface area contributed by atoms with E-state index in [9.17, 15) is 19.1 Å². The molecule has 1 saturated heterocycles. The van der Waals surface area contributed by atoms with Crippen LogP contribution < -0.4 is 4.90 Å². The van der Waals surface area contributed by atoms with Gasteiger partial charge in [-0.25, -0.2) is 14.0 Å². The number of amides is 1. The minimum absolute atomic E-state index is 0.00269. The van der Waals surface area contributed by atoms with Gasteiger partial charge in [0.15, 0.2) is 11.4 Å². The summed E-state index contributed by atoms with van der Waals surface area (Å²) >= 11 is 3.21. The molecule has 2 unspecified atom stereocenters.